The minimum Gasteiger partial charge on any atom is -0.355 e. The average Bonchev–Trinajstić information content (AvgIpc) is 2.37. The van der Waals surface area contributed by atoms with Crippen LogP contribution >= 0.6 is 0 Å². The Hall–Kier alpha value is -1.84. The molecule has 2 amide bonds. The van der Waals surface area contributed by atoms with Gasteiger partial charge in [0.15, 0.2) is 0 Å². The van der Waals surface area contributed by atoms with E-state index in [-0.39, 0.29) is 18.2 Å². The fourth-order valence-electron chi connectivity index (χ4n) is 1.75. The van der Waals surface area contributed by atoms with Crippen LogP contribution in [-0.2, 0) is 9.59 Å². The zero-order chi connectivity index (χ0) is 16.0. The molecule has 4 heteroatoms. The van der Waals surface area contributed by atoms with Crippen LogP contribution in [0.15, 0.2) is 24.3 Å². The lowest BCUT2D eigenvalue weighted by atomic mass is 9.96. The number of benzene rings is 1. The first-order chi connectivity index (χ1) is 9.70. The normalized spacial score (nSPS) is 11.3. The monoisotopic (exact) mass is 290 g/mol. The van der Waals surface area contributed by atoms with Crippen LogP contribution in [0.1, 0.15) is 52.5 Å². The Morgan fingerprint density at radius 1 is 1.19 bits per heavy atom. The average molecular weight is 290 g/mol. The number of rotatable bonds is 5. The van der Waals surface area contributed by atoms with E-state index in [0.29, 0.717) is 12.5 Å². The van der Waals surface area contributed by atoms with Crippen molar-refractivity contribution in [2.45, 2.75) is 47.0 Å². The molecule has 0 fully saturated rings. The third kappa shape index (κ3) is 5.98. The zero-order valence-corrected chi connectivity index (χ0v) is 13.6. The third-order valence-corrected chi connectivity index (χ3v) is 3.16. The molecule has 0 aliphatic carbocycles. The van der Waals surface area contributed by atoms with E-state index in [0.717, 1.165) is 5.69 Å². The lowest BCUT2D eigenvalue weighted by molar-refractivity contribution is -0.128. The molecule has 0 aliphatic rings. The highest BCUT2D eigenvalue weighted by Gasteiger charge is 2.20. The summed E-state index contributed by atoms with van der Waals surface area (Å²) in [5.41, 5.74) is 1.56. The van der Waals surface area contributed by atoms with E-state index in [4.69, 9.17) is 0 Å². The van der Waals surface area contributed by atoms with Crippen molar-refractivity contribution < 1.29 is 9.59 Å². The fourth-order valence-corrected chi connectivity index (χ4v) is 1.75. The van der Waals surface area contributed by atoms with Crippen LogP contribution in [0.3, 0.4) is 0 Å². The van der Waals surface area contributed by atoms with E-state index in [9.17, 15) is 9.59 Å². The molecule has 0 bridgehead atoms. The Labute approximate surface area is 127 Å². The minimum atomic E-state index is -0.428. The van der Waals surface area contributed by atoms with Crippen molar-refractivity contribution in [2.75, 3.05) is 11.9 Å². The lowest BCUT2D eigenvalue weighted by Crippen LogP contribution is -2.36. The van der Waals surface area contributed by atoms with Crippen molar-refractivity contribution in [1.29, 1.82) is 0 Å². The van der Waals surface area contributed by atoms with Gasteiger partial charge in [0.05, 0.1) is 0 Å². The van der Waals surface area contributed by atoms with Crippen LogP contribution in [0.5, 0.6) is 0 Å². The van der Waals surface area contributed by atoms with Crippen molar-refractivity contribution >= 4 is 17.5 Å². The number of carbonyl (C=O) groups excluding carboxylic acids is 2. The summed E-state index contributed by atoms with van der Waals surface area (Å²) in [5.74, 6) is 0.287. The van der Waals surface area contributed by atoms with Crippen molar-refractivity contribution in [3.05, 3.63) is 29.8 Å². The number of amides is 2. The molecule has 1 aromatic carbocycles. The third-order valence-electron chi connectivity index (χ3n) is 3.16. The van der Waals surface area contributed by atoms with Gasteiger partial charge < -0.3 is 10.6 Å². The maximum Gasteiger partial charge on any atom is 0.226 e. The van der Waals surface area contributed by atoms with Gasteiger partial charge in [-0.05, 0) is 23.6 Å². The number of hydrogen-bond acceptors (Lipinski definition) is 2. The second-order valence-corrected chi connectivity index (χ2v) is 6.58. The second kappa shape index (κ2) is 7.25. The van der Waals surface area contributed by atoms with Gasteiger partial charge >= 0.3 is 0 Å². The van der Waals surface area contributed by atoms with Crippen LogP contribution < -0.4 is 10.6 Å². The molecule has 21 heavy (non-hydrogen) atoms. The SMILES string of the molecule is CC(C)c1cccc(NC(=O)CCNC(=O)C(C)(C)C)c1. The van der Waals surface area contributed by atoms with Crippen molar-refractivity contribution in [3.8, 4) is 0 Å². The zero-order valence-electron chi connectivity index (χ0n) is 13.6. The fraction of sp³-hybridized carbons (Fsp3) is 0.529. The molecular formula is C17H26N2O2. The summed E-state index contributed by atoms with van der Waals surface area (Å²) in [6, 6.07) is 7.84. The van der Waals surface area contributed by atoms with Gasteiger partial charge in [-0.3, -0.25) is 9.59 Å². The molecule has 0 aliphatic heterocycles. The summed E-state index contributed by atoms with van der Waals surface area (Å²) < 4.78 is 0. The van der Waals surface area contributed by atoms with E-state index >= 15 is 0 Å². The van der Waals surface area contributed by atoms with Gasteiger partial charge in [-0.15, -0.1) is 0 Å². The number of hydrogen-bond donors (Lipinski definition) is 2. The standard InChI is InChI=1S/C17H26N2O2/c1-12(2)13-7-6-8-14(11-13)19-15(20)9-10-18-16(21)17(3,4)5/h6-8,11-12H,9-10H2,1-5H3,(H,18,21)(H,19,20). The van der Waals surface area contributed by atoms with Crippen molar-refractivity contribution in [3.63, 3.8) is 0 Å². The van der Waals surface area contributed by atoms with Gasteiger partial charge in [-0.2, -0.15) is 0 Å². The van der Waals surface area contributed by atoms with E-state index < -0.39 is 5.41 Å². The molecule has 1 rings (SSSR count). The minimum absolute atomic E-state index is 0.0443. The molecule has 2 N–H and O–H groups in total. The summed E-state index contributed by atoms with van der Waals surface area (Å²) in [7, 11) is 0. The molecule has 1 aromatic rings. The van der Waals surface area contributed by atoms with Gasteiger partial charge in [0.1, 0.15) is 0 Å². The van der Waals surface area contributed by atoms with Gasteiger partial charge in [-0.1, -0.05) is 46.8 Å². The van der Waals surface area contributed by atoms with Crippen molar-refractivity contribution in [2.24, 2.45) is 5.41 Å². The molecule has 0 spiro atoms. The summed E-state index contributed by atoms with van der Waals surface area (Å²) in [4.78, 5) is 23.5. The summed E-state index contributed by atoms with van der Waals surface area (Å²) in [5, 5.41) is 5.63. The highest BCUT2D eigenvalue weighted by atomic mass is 16.2. The highest BCUT2D eigenvalue weighted by molar-refractivity contribution is 5.91. The van der Waals surface area contributed by atoms with E-state index in [1.807, 2.05) is 45.0 Å². The van der Waals surface area contributed by atoms with E-state index in [2.05, 4.69) is 24.5 Å². The maximum absolute atomic E-state index is 11.9. The first-order valence-corrected chi connectivity index (χ1v) is 7.38. The Morgan fingerprint density at radius 2 is 1.86 bits per heavy atom. The predicted molar refractivity (Wildman–Crippen MR) is 86.2 cm³/mol. The Morgan fingerprint density at radius 3 is 2.43 bits per heavy atom. The molecule has 0 radical (unpaired) electrons. The predicted octanol–water partition coefficient (Wildman–Crippen LogP) is 3.30. The lowest BCUT2D eigenvalue weighted by Gasteiger charge is -2.17. The Bertz CT molecular complexity index is 502. The van der Waals surface area contributed by atoms with E-state index in [1.54, 1.807) is 0 Å². The molecule has 4 nitrogen and oxygen atoms in total. The van der Waals surface area contributed by atoms with Crippen molar-refractivity contribution in [1.82, 2.24) is 5.32 Å². The Balaban J connectivity index is 2.44. The molecule has 116 valence electrons. The van der Waals surface area contributed by atoms with Crippen LogP contribution in [0, 0.1) is 5.41 Å². The summed E-state index contributed by atoms with van der Waals surface area (Å²) >= 11 is 0. The molecule has 0 aromatic heterocycles. The largest absolute Gasteiger partial charge is 0.355 e. The number of anilines is 1. The Kier molecular flexibility index (Phi) is 5.94. The van der Waals surface area contributed by atoms with Crippen LogP contribution in [0.25, 0.3) is 0 Å². The van der Waals surface area contributed by atoms with Gasteiger partial charge in [-0.25, -0.2) is 0 Å². The molecule has 0 saturated heterocycles. The molecule has 0 atom stereocenters. The molecule has 0 saturated carbocycles. The topological polar surface area (TPSA) is 58.2 Å². The second-order valence-electron chi connectivity index (χ2n) is 6.58. The summed E-state index contributed by atoms with van der Waals surface area (Å²) in [6.45, 7) is 10.1. The summed E-state index contributed by atoms with van der Waals surface area (Å²) in [6.07, 6.45) is 0.272. The molecule has 0 heterocycles. The van der Waals surface area contributed by atoms with Crippen LogP contribution in [0.4, 0.5) is 5.69 Å². The number of nitrogens with one attached hydrogen (secondary N) is 2. The quantitative estimate of drug-likeness (QED) is 0.874. The molecular weight excluding hydrogens is 264 g/mol. The first kappa shape index (κ1) is 17.2. The smallest absolute Gasteiger partial charge is 0.226 e. The molecule has 0 unspecified atom stereocenters. The van der Waals surface area contributed by atoms with Gasteiger partial charge in [0.25, 0.3) is 0 Å². The van der Waals surface area contributed by atoms with Gasteiger partial charge in [0.2, 0.25) is 11.8 Å². The van der Waals surface area contributed by atoms with E-state index in [1.165, 1.54) is 5.56 Å². The number of carbonyl (C=O) groups is 2. The van der Waals surface area contributed by atoms with Crippen LogP contribution in [-0.4, -0.2) is 18.4 Å². The maximum atomic E-state index is 11.9. The van der Waals surface area contributed by atoms with Gasteiger partial charge in [0, 0.05) is 24.1 Å². The van der Waals surface area contributed by atoms with Crippen LogP contribution in [0.2, 0.25) is 0 Å². The highest BCUT2D eigenvalue weighted by Crippen LogP contribution is 2.18. The first-order valence-electron chi connectivity index (χ1n) is 7.38.